The maximum Gasteiger partial charge on any atom is 0.338 e. The average molecular weight is 245 g/mol. The Morgan fingerprint density at radius 3 is 2.61 bits per heavy atom. The number of aromatic nitrogens is 1. The quantitative estimate of drug-likeness (QED) is 0.821. The molecule has 1 N–H and O–H groups in total. The molecule has 18 heavy (non-hydrogen) atoms. The van der Waals surface area contributed by atoms with Crippen LogP contribution in [0.4, 0.5) is 0 Å². The van der Waals surface area contributed by atoms with Gasteiger partial charge in [0.15, 0.2) is 0 Å². The molecule has 0 aliphatic heterocycles. The Kier molecular flexibility index (Phi) is 3.16. The molecule has 0 fully saturated rings. The van der Waals surface area contributed by atoms with Crippen molar-refractivity contribution >= 4 is 16.9 Å². The summed E-state index contributed by atoms with van der Waals surface area (Å²) in [4.78, 5) is 15.0. The summed E-state index contributed by atoms with van der Waals surface area (Å²) >= 11 is 0. The van der Waals surface area contributed by atoms with Crippen LogP contribution in [-0.4, -0.2) is 17.6 Å². The minimum absolute atomic E-state index is 0.0725. The van der Waals surface area contributed by atoms with E-state index in [9.17, 15) is 4.79 Å². The van der Waals surface area contributed by atoms with E-state index in [1.807, 2.05) is 19.1 Å². The Balaban J connectivity index is 2.43. The molecule has 0 saturated heterocycles. The number of carbonyl (C=O) groups is 1. The largest absolute Gasteiger partial charge is 0.462 e. The van der Waals surface area contributed by atoms with Crippen LogP contribution in [0.25, 0.3) is 10.9 Å². The molecule has 1 aromatic heterocycles. The molecule has 0 radical (unpaired) electrons. The minimum atomic E-state index is -0.266. The highest BCUT2D eigenvalue weighted by Gasteiger charge is 2.17. The molecule has 0 saturated carbocycles. The summed E-state index contributed by atoms with van der Waals surface area (Å²) in [6, 6.07) is 7.69. The van der Waals surface area contributed by atoms with Gasteiger partial charge in [-0.1, -0.05) is 20.8 Å². The Morgan fingerprint density at radius 2 is 2.00 bits per heavy atom. The van der Waals surface area contributed by atoms with Crippen molar-refractivity contribution in [2.45, 2.75) is 33.1 Å². The minimum Gasteiger partial charge on any atom is -0.462 e. The number of aromatic amines is 1. The van der Waals surface area contributed by atoms with Crippen LogP contribution in [0, 0.1) is 0 Å². The van der Waals surface area contributed by atoms with E-state index in [0.29, 0.717) is 12.2 Å². The van der Waals surface area contributed by atoms with Gasteiger partial charge in [0.25, 0.3) is 0 Å². The van der Waals surface area contributed by atoms with Crippen molar-refractivity contribution in [1.82, 2.24) is 4.98 Å². The molecular weight excluding hydrogens is 226 g/mol. The van der Waals surface area contributed by atoms with Gasteiger partial charge in [0.1, 0.15) is 0 Å². The summed E-state index contributed by atoms with van der Waals surface area (Å²) in [7, 11) is 0. The number of ether oxygens (including phenoxy) is 1. The number of fused-ring (bicyclic) bond motifs is 1. The first-order valence-corrected chi connectivity index (χ1v) is 6.22. The van der Waals surface area contributed by atoms with Crippen LogP contribution in [0.1, 0.15) is 43.7 Å². The van der Waals surface area contributed by atoms with Crippen LogP contribution in [-0.2, 0) is 10.2 Å². The number of hydrogen-bond acceptors (Lipinski definition) is 2. The first-order valence-electron chi connectivity index (χ1n) is 6.22. The molecule has 0 aliphatic rings. The van der Waals surface area contributed by atoms with E-state index < -0.39 is 0 Å². The van der Waals surface area contributed by atoms with Crippen molar-refractivity contribution in [2.24, 2.45) is 0 Å². The molecule has 2 aromatic rings. The maximum atomic E-state index is 11.7. The summed E-state index contributed by atoms with van der Waals surface area (Å²) in [5.74, 6) is -0.266. The molecule has 3 nitrogen and oxygen atoms in total. The normalized spacial score (nSPS) is 11.8. The molecule has 0 unspecified atom stereocenters. The molecule has 0 atom stereocenters. The first kappa shape index (κ1) is 12.7. The van der Waals surface area contributed by atoms with Gasteiger partial charge in [-0.3, -0.25) is 0 Å². The molecule has 0 bridgehead atoms. The lowest BCUT2D eigenvalue weighted by molar-refractivity contribution is 0.0526. The zero-order valence-corrected chi connectivity index (χ0v) is 11.3. The monoisotopic (exact) mass is 245 g/mol. The highest BCUT2D eigenvalue weighted by Crippen LogP contribution is 2.26. The van der Waals surface area contributed by atoms with Gasteiger partial charge >= 0.3 is 5.97 Å². The fourth-order valence-corrected chi connectivity index (χ4v) is 1.88. The number of H-pyrrole nitrogens is 1. The van der Waals surface area contributed by atoms with Gasteiger partial charge in [-0.05, 0) is 31.2 Å². The Morgan fingerprint density at radius 1 is 1.28 bits per heavy atom. The van der Waals surface area contributed by atoms with Crippen LogP contribution in [0.5, 0.6) is 0 Å². The predicted molar refractivity (Wildman–Crippen MR) is 73.0 cm³/mol. The summed E-state index contributed by atoms with van der Waals surface area (Å²) in [5, 5.41) is 1.05. The van der Waals surface area contributed by atoms with Gasteiger partial charge in [0.05, 0.1) is 12.2 Å². The van der Waals surface area contributed by atoms with Crippen molar-refractivity contribution in [3.63, 3.8) is 0 Å². The van der Waals surface area contributed by atoms with E-state index in [0.717, 1.165) is 10.9 Å². The molecular formula is C15H19NO2. The SMILES string of the molecule is CCOC(=O)c1ccc2[nH]c(C(C)(C)C)cc2c1. The average Bonchev–Trinajstić information content (AvgIpc) is 2.71. The summed E-state index contributed by atoms with van der Waals surface area (Å²) in [6.45, 7) is 8.68. The van der Waals surface area contributed by atoms with E-state index in [4.69, 9.17) is 4.74 Å². The van der Waals surface area contributed by atoms with E-state index in [-0.39, 0.29) is 11.4 Å². The molecule has 1 aromatic carbocycles. The van der Waals surface area contributed by atoms with Gasteiger partial charge in [-0.15, -0.1) is 0 Å². The second-order valence-corrected chi connectivity index (χ2v) is 5.46. The number of carbonyl (C=O) groups excluding carboxylic acids is 1. The number of hydrogen-bond donors (Lipinski definition) is 1. The van der Waals surface area contributed by atoms with Crippen LogP contribution in [0.15, 0.2) is 24.3 Å². The second-order valence-electron chi connectivity index (χ2n) is 5.46. The number of rotatable bonds is 2. The van der Waals surface area contributed by atoms with E-state index >= 15 is 0 Å². The van der Waals surface area contributed by atoms with E-state index in [1.54, 1.807) is 6.07 Å². The van der Waals surface area contributed by atoms with Crippen LogP contribution in [0.2, 0.25) is 0 Å². The molecule has 0 spiro atoms. The third kappa shape index (κ3) is 2.40. The highest BCUT2D eigenvalue weighted by atomic mass is 16.5. The number of nitrogens with one attached hydrogen (secondary N) is 1. The smallest absolute Gasteiger partial charge is 0.338 e. The van der Waals surface area contributed by atoms with Gasteiger partial charge in [-0.2, -0.15) is 0 Å². The lowest BCUT2D eigenvalue weighted by Gasteiger charge is -2.15. The highest BCUT2D eigenvalue weighted by molar-refractivity contribution is 5.94. The van der Waals surface area contributed by atoms with Crippen molar-refractivity contribution in [1.29, 1.82) is 0 Å². The van der Waals surface area contributed by atoms with Gasteiger partial charge in [-0.25, -0.2) is 4.79 Å². The Labute approximate surface area is 107 Å². The lowest BCUT2D eigenvalue weighted by atomic mass is 9.92. The van der Waals surface area contributed by atoms with Crippen molar-refractivity contribution in [3.8, 4) is 0 Å². The summed E-state index contributed by atoms with van der Waals surface area (Å²) in [5.41, 5.74) is 2.89. The van der Waals surface area contributed by atoms with Crippen molar-refractivity contribution in [3.05, 3.63) is 35.5 Å². The fraction of sp³-hybridized carbons (Fsp3) is 0.400. The van der Waals surface area contributed by atoms with Crippen LogP contribution >= 0.6 is 0 Å². The number of esters is 1. The van der Waals surface area contributed by atoms with E-state index in [1.165, 1.54) is 5.69 Å². The zero-order chi connectivity index (χ0) is 13.3. The number of benzene rings is 1. The Hall–Kier alpha value is -1.77. The zero-order valence-electron chi connectivity index (χ0n) is 11.3. The maximum absolute atomic E-state index is 11.7. The summed E-state index contributed by atoms with van der Waals surface area (Å²) in [6.07, 6.45) is 0. The standard InChI is InChI=1S/C15H19NO2/c1-5-18-14(17)10-6-7-12-11(8-10)9-13(16-12)15(2,3)4/h6-9,16H,5H2,1-4H3. The van der Waals surface area contributed by atoms with E-state index in [2.05, 4.69) is 31.8 Å². The predicted octanol–water partition coefficient (Wildman–Crippen LogP) is 3.64. The molecule has 3 heteroatoms. The van der Waals surface area contributed by atoms with Gasteiger partial charge in [0.2, 0.25) is 0 Å². The summed E-state index contributed by atoms with van der Waals surface area (Å²) < 4.78 is 5.00. The van der Waals surface area contributed by atoms with Crippen LogP contribution < -0.4 is 0 Å². The molecule has 0 aliphatic carbocycles. The third-order valence-electron chi connectivity index (χ3n) is 2.94. The topological polar surface area (TPSA) is 42.1 Å². The molecule has 2 rings (SSSR count). The van der Waals surface area contributed by atoms with Gasteiger partial charge in [0, 0.05) is 22.0 Å². The molecule has 0 amide bonds. The van der Waals surface area contributed by atoms with Crippen molar-refractivity contribution in [2.75, 3.05) is 6.61 Å². The Bertz CT molecular complexity index is 576. The van der Waals surface area contributed by atoms with Crippen LogP contribution in [0.3, 0.4) is 0 Å². The van der Waals surface area contributed by atoms with Gasteiger partial charge < -0.3 is 9.72 Å². The molecule has 1 heterocycles. The fourth-order valence-electron chi connectivity index (χ4n) is 1.88. The van der Waals surface area contributed by atoms with Crippen molar-refractivity contribution < 1.29 is 9.53 Å². The second kappa shape index (κ2) is 4.48. The molecule has 96 valence electrons. The lowest BCUT2D eigenvalue weighted by Crippen LogP contribution is -2.10. The first-order chi connectivity index (χ1) is 8.41. The third-order valence-corrected chi connectivity index (χ3v) is 2.94.